The summed E-state index contributed by atoms with van der Waals surface area (Å²) in [5, 5.41) is 2.34. The molecule has 1 aliphatic rings. The van der Waals surface area contributed by atoms with Crippen LogP contribution in [0.2, 0.25) is 0 Å². The number of hydrogen-bond acceptors (Lipinski definition) is 2. The van der Waals surface area contributed by atoms with Gasteiger partial charge in [-0.2, -0.15) is 0 Å². The lowest BCUT2D eigenvalue weighted by molar-refractivity contribution is -0.129. The zero-order chi connectivity index (χ0) is 9.14. The minimum absolute atomic E-state index is 0.243. The van der Waals surface area contributed by atoms with Crippen molar-refractivity contribution in [1.29, 1.82) is 0 Å². The molecule has 1 rings (SSSR count). The van der Waals surface area contributed by atoms with Gasteiger partial charge in [0.2, 0.25) is 5.91 Å². The number of halogens is 2. The average molecular weight is 179 g/mol. The van der Waals surface area contributed by atoms with E-state index in [2.05, 4.69) is 5.32 Å². The smallest absolute Gasteiger partial charge is 0.265 e. The Bertz CT molecular complexity index is 175. The molecule has 12 heavy (non-hydrogen) atoms. The zero-order valence-electron chi connectivity index (χ0n) is 6.72. The van der Waals surface area contributed by atoms with Gasteiger partial charge in [0.1, 0.15) is 6.10 Å². The second-order valence-electron chi connectivity index (χ2n) is 2.68. The number of ether oxygens (including phenoxy) is 1. The third kappa shape index (κ3) is 1.72. The summed E-state index contributed by atoms with van der Waals surface area (Å²) in [6.45, 7) is 0.243. The van der Waals surface area contributed by atoms with Crippen LogP contribution < -0.4 is 5.32 Å². The van der Waals surface area contributed by atoms with Gasteiger partial charge in [0, 0.05) is 13.7 Å². The van der Waals surface area contributed by atoms with Crippen LogP contribution in [0.4, 0.5) is 8.78 Å². The molecule has 1 fully saturated rings. The number of carbonyl (C=O) groups excluding carboxylic acids is 1. The molecule has 0 aliphatic carbocycles. The molecule has 5 heteroatoms. The van der Waals surface area contributed by atoms with Gasteiger partial charge in [-0.15, -0.1) is 0 Å². The van der Waals surface area contributed by atoms with Gasteiger partial charge in [0.15, 0.2) is 0 Å². The Balaban J connectivity index is 2.57. The minimum Gasteiger partial charge on any atom is -0.371 e. The molecule has 0 radical (unpaired) electrons. The van der Waals surface area contributed by atoms with Crippen LogP contribution >= 0.6 is 0 Å². The summed E-state index contributed by atoms with van der Waals surface area (Å²) in [5.74, 6) is -1.05. The summed E-state index contributed by atoms with van der Waals surface area (Å²) >= 11 is 0. The maximum absolute atomic E-state index is 12.2. The van der Waals surface area contributed by atoms with Gasteiger partial charge in [-0.3, -0.25) is 4.79 Å². The van der Waals surface area contributed by atoms with Gasteiger partial charge in [-0.25, -0.2) is 8.78 Å². The summed E-state index contributed by atoms with van der Waals surface area (Å²) < 4.78 is 29.1. The Labute approximate surface area is 69.1 Å². The summed E-state index contributed by atoms with van der Waals surface area (Å²) in [7, 11) is 1.43. The van der Waals surface area contributed by atoms with Crippen LogP contribution in [0.15, 0.2) is 0 Å². The van der Waals surface area contributed by atoms with Crippen LogP contribution in [0.5, 0.6) is 0 Å². The van der Waals surface area contributed by atoms with Gasteiger partial charge in [-0.05, 0) is 6.42 Å². The van der Waals surface area contributed by atoms with E-state index in [1.165, 1.54) is 7.05 Å². The number of rotatable bonds is 2. The second kappa shape index (κ2) is 3.80. The molecule has 1 N–H and O–H groups in total. The molecule has 0 saturated carbocycles. The highest BCUT2D eigenvalue weighted by Crippen LogP contribution is 2.25. The highest BCUT2D eigenvalue weighted by molar-refractivity contribution is 5.79. The van der Waals surface area contributed by atoms with E-state index in [4.69, 9.17) is 4.74 Å². The fourth-order valence-corrected chi connectivity index (χ4v) is 1.33. The first-order valence-electron chi connectivity index (χ1n) is 3.78. The van der Waals surface area contributed by atoms with Crippen LogP contribution in [-0.4, -0.2) is 32.1 Å². The SMILES string of the molecule is CNC(=O)C1CCOC1C(F)F. The van der Waals surface area contributed by atoms with Crippen molar-refractivity contribution in [3.8, 4) is 0 Å². The van der Waals surface area contributed by atoms with Crippen molar-refractivity contribution in [3.63, 3.8) is 0 Å². The van der Waals surface area contributed by atoms with E-state index in [9.17, 15) is 13.6 Å². The minimum atomic E-state index is -2.57. The number of alkyl halides is 2. The monoisotopic (exact) mass is 179 g/mol. The molecule has 0 aromatic heterocycles. The molecule has 70 valence electrons. The standard InChI is InChI=1S/C7H11F2NO2/c1-10-7(11)4-2-3-12-5(4)6(8)9/h4-6H,2-3H2,1H3,(H,10,11). The Kier molecular flexibility index (Phi) is 2.97. The van der Waals surface area contributed by atoms with Gasteiger partial charge in [0.05, 0.1) is 5.92 Å². The molecule has 0 aromatic carbocycles. The van der Waals surface area contributed by atoms with Crippen molar-refractivity contribution in [2.75, 3.05) is 13.7 Å². The third-order valence-corrected chi connectivity index (χ3v) is 1.97. The van der Waals surface area contributed by atoms with Gasteiger partial charge in [-0.1, -0.05) is 0 Å². The van der Waals surface area contributed by atoms with Crippen molar-refractivity contribution in [2.45, 2.75) is 19.0 Å². The van der Waals surface area contributed by atoms with Crippen LogP contribution in [0.3, 0.4) is 0 Å². The van der Waals surface area contributed by atoms with E-state index < -0.39 is 18.4 Å². The molecule has 1 heterocycles. The number of carbonyl (C=O) groups is 1. The first-order chi connectivity index (χ1) is 5.66. The van der Waals surface area contributed by atoms with Crippen LogP contribution in [0.1, 0.15) is 6.42 Å². The fraction of sp³-hybridized carbons (Fsp3) is 0.857. The largest absolute Gasteiger partial charge is 0.371 e. The number of amides is 1. The molecule has 1 amide bonds. The third-order valence-electron chi connectivity index (χ3n) is 1.97. The molecular formula is C7H11F2NO2. The second-order valence-corrected chi connectivity index (χ2v) is 2.68. The molecule has 3 nitrogen and oxygen atoms in total. The topological polar surface area (TPSA) is 38.3 Å². The molecule has 0 bridgehead atoms. The van der Waals surface area contributed by atoms with E-state index in [-0.39, 0.29) is 12.5 Å². The highest BCUT2D eigenvalue weighted by atomic mass is 19.3. The lowest BCUT2D eigenvalue weighted by Gasteiger charge is -2.15. The molecule has 0 aromatic rings. The van der Waals surface area contributed by atoms with E-state index >= 15 is 0 Å². The predicted octanol–water partition coefficient (Wildman–Crippen LogP) is 0.403. The van der Waals surface area contributed by atoms with Gasteiger partial charge in [0.25, 0.3) is 6.43 Å². The van der Waals surface area contributed by atoms with E-state index in [0.717, 1.165) is 0 Å². The Morgan fingerprint density at radius 3 is 2.83 bits per heavy atom. The van der Waals surface area contributed by atoms with E-state index in [1.54, 1.807) is 0 Å². The first kappa shape index (κ1) is 9.38. The molecule has 1 aliphatic heterocycles. The van der Waals surface area contributed by atoms with Crippen LogP contribution in [0, 0.1) is 5.92 Å². The summed E-state index contributed by atoms with van der Waals surface area (Å²) in [6, 6.07) is 0. The number of hydrogen-bond donors (Lipinski definition) is 1. The average Bonchev–Trinajstić information content (AvgIpc) is 2.50. The van der Waals surface area contributed by atoms with Crippen molar-refractivity contribution in [2.24, 2.45) is 5.92 Å². The van der Waals surface area contributed by atoms with E-state index in [0.29, 0.717) is 6.42 Å². The van der Waals surface area contributed by atoms with Gasteiger partial charge >= 0.3 is 0 Å². The summed E-state index contributed by atoms with van der Waals surface area (Å²) in [6.07, 6.45) is -3.41. The van der Waals surface area contributed by atoms with Gasteiger partial charge < -0.3 is 10.1 Å². The Hall–Kier alpha value is -0.710. The molecule has 2 unspecified atom stereocenters. The maximum atomic E-state index is 12.2. The lowest BCUT2D eigenvalue weighted by atomic mass is 10.0. The van der Waals surface area contributed by atoms with Crippen molar-refractivity contribution in [3.05, 3.63) is 0 Å². The Morgan fingerprint density at radius 2 is 2.33 bits per heavy atom. The summed E-state index contributed by atoms with van der Waals surface area (Å²) in [5.41, 5.74) is 0. The predicted molar refractivity (Wildman–Crippen MR) is 37.9 cm³/mol. The first-order valence-corrected chi connectivity index (χ1v) is 3.78. The lowest BCUT2D eigenvalue weighted by Crippen LogP contribution is -2.36. The molecular weight excluding hydrogens is 168 g/mol. The Morgan fingerprint density at radius 1 is 1.67 bits per heavy atom. The van der Waals surface area contributed by atoms with Crippen molar-refractivity contribution in [1.82, 2.24) is 5.32 Å². The molecule has 1 saturated heterocycles. The normalized spacial score (nSPS) is 29.3. The van der Waals surface area contributed by atoms with Crippen molar-refractivity contribution < 1.29 is 18.3 Å². The molecule has 2 atom stereocenters. The highest BCUT2D eigenvalue weighted by Gasteiger charge is 2.39. The quantitative estimate of drug-likeness (QED) is 0.666. The zero-order valence-corrected chi connectivity index (χ0v) is 6.72. The molecule has 0 spiro atoms. The van der Waals surface area contributed by atoms with Crippen LogP contribution in [0.25, 0.3) is 0 Å². The summed E-state index contributed by atoms with van der Waals surface area (Å²) in [4.78, 5) is 11.0. The van der Waals surface area contributed by atoms with Crippen LogP contribution in [-0.2, 0) is 9.53 Å². The van der Waals surface area contributed by atoms with Crippen molar-refractivity contribution >= 4 is 5.91 Å². The fourth-order valence-electron chi connectivity index (χ4n) is 1.33. The number of nitrogens with one attached hydrogen (secondary N) is 1. The van der Waals surface area contributed by atoms with E-state index in [1.807, 2.05) is 0 Å². The maximum Gasteiger partial charge on any atom is 0.265 e.